The van der Waals surface area contributed by atoms with Crippen LogP contribution < -0.4 is 11.1 Å². The Kier molecular flexibility index (Phi) is 4.86. The van der Waals surface area contributed by atoms with Crippen LogP contribution in [0, 0.1) is 0 Å². The predicted molar refractivity (Wildman–Crippen MR) is 54.5 cm³/mol. The number of nitrogens with two attached hydrogens (primary N) is 1. The van der Waals surface area contributed by atoms with Crippen LogP contribution in [0.15, 0.2) is 12.2 Å². The van der Waals surface area contributed by atoms with Crippen molar-refractivity contribution in [3.05, 3.63) is 12.2 Å². The lowest BCUT2D eigenvalue weighted by molar-refractivity contribution is -0.125. The second-order valence-electron chi connectivity index (χ2n) is 3.47. The van der Waals surface area contributed by atoms with Gasteiger partial charge in [-0.1, -0.05) is 6.58 Å². The van der Waals surface area contributed by atoms with Crippen molar-refractivity contribution in [2.45, 2.75) is 13.0 Å². The van der Waals surface area contributed by atoms with Gasteiger partial charge in [0.15, 0.2) is 0 Å². The van der Waals surface area contributed by atoms with Crippen LogP contribution >= 0.6 is 0 Å². The molecule has 0 heterocycles. The van der Waals surface area contributed by atoms with Crippen molar-refractivity contribution in [3.8, 4) is 0 Å². The van der Waals surface area contributed by atoms with E-state index in [-0.39, 0.29) is 5.91 Å². The standard InChI is InChI=1S/C9H17N3O2/c1-6(2)9(14)11-7(8(10)13)5-12(3)4/h7H,1,5H2,2-4H3,(H2,10,13)(H,11,14). The maximum Gasteiger partial charge on any atom is 0.247 e. The average Bonchev–Trinajstić information content (AvgIpc) is 2.01. The number of primary amides is 1. The van der Waals surface area contributed by atoms with Gasteiger partial charge in [0.1, 0.15) is 6.04 Å². The van der Waals surface area contributed by atoms with Gasteiger partial charge in [-0.05, 0) is 21.0 Å². The molecule has 0 rings (SSSR count). The fourth-order valence-electron chi connectivity index (χ4n) is 0.853. The highest BCUT2D eigenvalue weighted by molar-refractivity contribution is 5.95. The number of rotatable bonds is 5. The minimum absolute atomic E-state index is 0.351. The van der Waals surface area contributed by atoms with E-state index >= 15 is 0 Å². The number of hydrogen-bond acceptors (Lipinski definition) is 3. The fourth-order valence-corrected chi connectivity index (χ4v) is 0.853. The summed E-state index contributed by atoms with van der Waals surface area (Å²) in [6.45, 7) is 5.42. The Hall–Kier alpha value is -1.36. The Balaban J connectivity index is 4.31. The Morgan fingerprint density at radius 3 is 2.29 bits per heavy atom. The molecule has 0 aromatic carbocycles. The van der Waals surface area contributed by atoms with Gasteiger partial charge in [-0.25, -0.2) is 0 Å². The Bertz CT molecular complexity index is 248. The SMILES string of the molecule is C=C(C)C(=O)NC(CN(C)C)C(N)=O. The van der Waals surface area contributed by atoms with Crippen LogP contribution in [0.1, 0.15) is 6.92 Å². The van der Waals surface area contributed by atoms with Gasteiger partial charge in [0.05, 0.1) is 0 Å². The lowest BCUT2D eigenvalue weighted by Gasteiger charge is -2.19. The van der Waals surface area contributed by atoms with Gasteiger partial charge in [-0.3, -0.25) is 9.59 Å². The first-order valence-corrected chi connectivity index (χ1v) is 4.25. The maximum absolute atomic E-state index is 11.2. The zero-order chi connectivity index (χ0) is 11.3. The maximum atomic E-state index is 11.2. The van der Waals surface area contributed by atoms with Crippen LogP contribution in [0.5, 0.6) is 0 Å². The van der Waals surface area contributed by atoms with Crippen molar-refractivity contribution in [3.63, 3.8) is 0 Å². The van der Waals surface area contributed by atoms with Gasteiger partial charge in [-0.15, -0.1) is 0 Å². The highest BCUT2D eigenvalue weighted by Gasteiger charge is 2.18. The van der Waals surface area contributed by atoms with E-state index in [2.05, 4.69) is 11.9 Å². The molecule has 0 aromatic rings. The quantitative estimate of drug-likeness (QED) is 0.563. The molecule has 1 unspecified atom stereocenters. The first-order chi connectivity index (χ1) is 6.34. The van der Waals surface area contributed by atoms with Crippen molar-refractivity contribution in [2.24, 2.45) is 5.73 Å². The molecular weight excluding hydrogens is 182 g/mol. The summed E-state index contributed by atoms with van der Waals surface area (Å²) in [5.74, 6) is -0.899. The zero-order valence-corrected chi connectivity index (χ0v) is 8.83. The van der Waals surface area contributed by atoms with Crippen LogP contribution in [0.2, 0.25) is 0 Å². The predicted octanol–water partition coefficient (Wildman–Crippen LogP) is -0.906. The third kappa shape index (κ3) is 4.61. The molecule has 5 nitrogen and oxygen atoms in total. The van der Waals surface area contributed by atoms with E-state index in [0.717, 1.165) is 0 Å². The van der Waals surface area contributed by atoms with Crippen LogP contribution in [-0.2, 0) is 9.59 Å². The molecule has 0 aromatic heterocycles. The monoisotopic (exact) mass is 199 g/mol. The molecule has 0 aliphatic rings. The molecule has 5 heteroatoms. The van der Waals surface area contributed by atoms with Crippen molar-refractivity contribution < 1.29 is 9.59 Å². The number of likely N-dealkylation sites (N-methyl/N-ethyl adjacent to an activating group) is 1. The fraction of sp³-hybridized carbons (Fsp3) is 0.556. The normalized spacial score (nSPS) is 12.3. The summed E-state index contributed by atoms with van der Waals surface area (Å²) in [6, 6.07) is -0.672. The number of carbonyl (C=O) groups is 2. The number of amides is 2. The molecule has 3 N–H and O–H groups in total. The second kappa shape index (κ2) is 5.39. The van der Waals surface area contributed by atoms with E-state index in [1.165, 1.54) is 0 Å². The summed E-state index contributed by atoms with van der Waals surface area (Å²) in [7, 11) is 3.59. The van der Waals surface area contributed by atoms with Crippen molar-refractivity contribution in [2.75, 3.05) is 20.6 Å². The first-order valence-electron chi connectivity index (χ1n) is 4.25. The van der Waals surface area contributed by atoms with Gasteiger partial charge in [0, 0.05) is 12.1 Å². The molecule has 0 fully saturated rings. The highest BCUT2D eigenvalue weighted by Crippen LogP contribution is 1.91. The summed E-state index contributed by atoms with van der Waals surface area (Å²) < 4.78 is 0. The molecule has 1 atom stereocenters. The van der Waals surface area contributed by atoms with E-state index in [0.29, 0.717) is 12.1 Å². The smallest absolute Gasteiger partial charge is 0.247 e. The van der Waals surface area contributed by atoms with E-state index in [4.69, 9.17) is 5.73 Å². The molecule has 0 bridgehead atoms. The van der Waals surface area contributed by atoms with Gasteiger partial charge >= 0.3 is 0 Å². The minimum atomic E-state index is -0.672. The Morgan fingerprint density at radius 2 is 2.00 bits per heavy atom. The van der Waals surface area contributed by atoms with Gasteiger partial charge in [-0.2, -0.15) is 0 Å². The molecule has 0 aliphatic carbocycles. The van der Waals surface area contributed by atoms with E-state index in [1.54, 1.807) is 25.9 Å². The molecule has 0 saturated heterocycles. The Morgan fingerprint density at radius 1 is 1.50 bits per heavy atom. The molecule has 0 radical (unpaired) electrons. The van der Waals surface area contributed by atoms with Crippen LogP contribution in [0.25, 0.3) is 0 Å². The molecule has 0 saturated carbocycles. The number of carbonyl (C=O) groups excluding carboxylic acids is 2. The van der Waals surface area contributed by atoms with Crippen molar-refractivity contribution in [1.29, 1.82) is 0 Å². The molecule has 0 spiro atoms. The third-order valence-electron chi connectivity index (χ3n) is 1.58. The molecule has 14 heavy (non-hydrogen) atoms. The number of hydrogen-bond donors (Lipinski definition) is 2. The summed E-state index contributed by atoms with van der Waals surface area (Å²) in [5, 5.41) is 2.49. The van der Waals surface area contributed by atoms with Gasteiger partial charge in [0.2, 0.25) is 11.8 Å². The van der Waals surface area contributed by atoms with Crippen molar-refractivity contribution in [1.82, 2.24) is 10.2 Å². The molecule has 0 aliphatic heterocycles. The van der Waals surface area contributed by atoms with Gasteiger partial charge in [0.25, 0.3) is 0 Å². The number of nitrogens with one attached hydrogen (secondary N) is 1. The summed E-state index contributed by atoms with van der Waals surface area (Å²) in [4.78, 5) is 23.9. The van der Waals surface area contributed by atoms with Crippen LogP contribution in [0.3, 0.4) is 0 Å². The molecule has 80 valence electrons. The van der Waals surface area contributed by atoms with E-state index in [9.17, 15) is 9.59 Å². The lowest BCUT2D eigenvalue weighted by atomic mass is 10.2. The van der Waals surface area contributed by atoms with E-state index < -0.39 is 11.9 Å². The third-order valence-corrected chi connectivity index (χ3v) is 1.58. The number of nitrogens with zero attached hydrogens (tertiary/aromatic N) is 1. The summed E-state index contributed by atoms with van der Waals surface area (Å²) in [5.41, 5.74) is 5.48. The lowest BCUT2D eigenvalue weighted by Crippen LogP contribution is -2.50. The largest absolute Gasteiger partial charge is 0.368 e. The molecular formula is C9H17N3O2. The second-order valence-corrected chi connectivity index (χ2v) is 3.47. The van der Waals surface area contributed by atoms with E-state index in [1.807, 2.05) is 0 Å². The minimum Gasteiger partial charge on any atom is -0.368 e. The van der Waals surface area contributed by atoms with Crippen molar-refractivity contribution >= 4 is 11.8 Å². The van der Waals surface area contributed by atoms with Crippen LogP contribution in [-0.4, -0.2) is 43.4 Å². The van der Waals surface area contributed by atoms with Crippen LogP contribution in [0.4, 0.5) is 0 Å². The topological polar surface area (TPSA) is 75.4 Å². The highest BCUT2D eigenvalue weighted by atomic mass is 16.2. The first kappa shape index (κ1) is 12.6. The summed E-state index contributed by atoms with van der Waals surface area (Å²) >= 11 is 0. The summed E-state index contributed by atoms with van der Waals surface area (Å²) in [6.07, 6.45) is 0. The zero-order valence-electron chi connectivity index (χ0n) is 8.83. The molecule has 2 amide bonds. The Labute approximate surface area is 83.9 Å². The van der Waals surface area contributed by atoms with Gasteiger partial charge < -0.3 is 16.0 Å². The average molecular weight is 199 g/mol.